The summed E-state index contributed by atoms with van der Waals surface area (Å²) in [6.45, 7) is 5.98. The number of aromatic nitrogens is 2. The molecule has 1 atom stereocenters. The molecular weight excluding hydrogens is 329 g/mol. The van der Waals surface area contributed by atoms with Gasteiger partial charge in [0, 0.05) is 29.2 Å². The molecular formula is C21H22FN3O. The van der Waals surface area contributed by atoms with Crippen LogP contribution in [0.4, 0.5) is 4.39 Å². The van der Waals surface area contributed by atoms with Gasteiger partial charge < -0.3 is 9.72 Å². The highest BCUT2D eigenvalue weighted by Crippen LogP contribution is 2.33. The molecule has 0 radical (unpaired) electrons. The van der Waals surface area contributed by atoms with E-state index in [0.29, 0.717) is 17.1 Å². The van der Waals surface area contributed by atoms with Crippen LogP contribution in [0.25, 0.3) is 16.8 Å². The Kier molecular flexibility index (Phi) is 4.02. The molecule has 4 rings (SSSR count). The van der Waals surface area contributed by atoms with E-state index >= 15 is 0 Å². The highest BCUT2D eigenvalue weighted by atomic mass is 19.1. The SMILES string of the molecule is Cc1nc2c(C(=O)N[C@@H](C)C3CC3)ccn2c(C)c1-c1ccc(F)cc1. The van der Waals surface area contributed by atoms with Gasteiger partial charge in [-0.1, -0.05) is 12.1 Å². The summed E-state index contributed by atoms with van der Waals surface area (Å²) >= 11 is 0. The Bertz CT molecular complexity index is 987. The third-order valence-corrected chi connectivity index (χ3v) is 5.28. The fraction of sp³-hybridized carbons (Fsp3) is 0.333. The largest absolute Gasteiger partial charge is 0.349 e. The van der Waals surface area contributed by atoms with Crippen LogP contribution in [0.1, 0.15) is 41.5 Å². The van der Waals surface area contributed by atoms with Crippen molar-refractivity contribution < 1.29 is 9.18 Å². The molecule has 134 valence electrons. The van der Waals surface area contributed by atoms with Crippen molar-refractivity contribution in [2.45, 2.75) is 39.7 Å². The third kappa shape index (κ3) is 2.87. The molecule has 1 aliphatic rings. The number of nitrogens with zero attached hydrogens (tertiary/aromatic N) is 2. The number of carbonyl (C=O) groups excluding carboxylic acids is 1. The number of hydrogen-bond donors (Lipinski definition) is 1. The van der Waals surface area contributed by atoms with Gasteiger partial charge in [-0.2, -0.15) is 0 Å². The number of nitrogens with one attached hydrogen (secondary N) is 1. The lowest BCUT2D eigenvalue weighted by atomic mass is 10.0. The zero-order valence-corrected chi connectivity index (χ0v) is 15.2. The van der Waals surface area contributed by atoms with Crippen molar-refractivity contribution in [2.75, 3.05) is 0 Å². The van der Waals surface area contributed by atoms with E-state index in [0.717, 1.165) is 22.5 Å². The second-order valence-corrected chi connectivity index (χ2v) is 7.19. The number of amides is 1. The first-order chi connectivity index (χ1) is 12.5. The predicted molar refractivity (Wildman–Crippen MR) is 99.7 cm³/mol. The van der Waals surface area contributed by atoms with E-state index in [1.165, 1.54) is 25.0 Å². The van der Waals surface area contributed by atoms with Crippen LogP contribution in [0, 0.1) is 25.6 Å². The Morgan fingerprint density at radius 3 is 2.58 bits per heavy atom. The van der Waals surface area contributed by atoms with Gasteiger partial charge in [-0.05, 0) is 63.3 Å². The number of benzene rings is 1. The average molecular weight is 351 g/mol. The Hall–Kier alpha value is -2.69. The zero-order valence-electron chi connectivity index (χ0n) is 15.2. The van der Waals surface area contributed by atoms with E-state index in [4.69, 9.17) is 4.98 Å². The van der Waals surface area contributed by atoms with Gasteiger partial charge in [0.2, 0.25) is 0 Å². The first kappa shape index (κ1) is 16.8. The Morgan fingerprint density at radius 2 is 1.92 bits per heavy atom. The van der Waals surface area contributed by atoms with Crippen LogP contribution in [-0.2, 0) is 0 Å². The van der Waals surface area contributed by atoms with Gasteiger partial charge in [-0.3, -0.25) is 4.79 Å². The highest BCUT2D eigenvalue weighted by molar-refractivity contribution is 6.00. The topological polar surface area (TPSA) is 46.4 Å². The lowest BCUT2D eigenvalue weighted by Gasteiger charge is -2.14. The van der Waals surface area contributed by atoms with E-state index in [9.17, 15) is 9.18 Å². The summed E-state index contributed by atoms with van der Waals surface area (Å²) in [4.78, 5) is 17.4. The second-order valence-electron chi connectivity index (χ2n) is 7.19. The van der Waals surface area contributed by atoms with Crippen molar-refractivity contribution in [3.05, 3.63) is 59.3 Å². The molecule has 4 nitrogen and oxygen atoms in total. The molecule has 2 heterocycles. The van der Waals surface area contributed by atoms with Crippen LogP contribution < -0.4 is 5.32 Å². The quantitative estimate of drug-likeness (QED) is 0.762. The molecule has 0 unspecified atom stereocenters. The normalized spacial score (nSPS) is 15.2. The van der Waals surface area contributed by atoms with E-state index in [-0.39, 0.29) is 17.8 Å². The Balaban J connectivity index is 1.75. The highest BCUT2D eigenvalue weighted by Gasteiger charge is 2.29. The van der Waals surface area contributed by atoms with Crippen LogP contribution in [0.2, 0.25) is 0 Å². The van der Waals surface area contributed by atoms with Crippen LogP contribution in [0.15, 0.2) is 36.5 Å². The smallest absolute Gasteiger partial charge is 0.255 e. The summed E-state index contributed by atoms with van der Waals surface area (Å²) in [5, 5.41) is 3.09. The van der Waals surface area contributed by atoms with E-state index in [1.54, 1.807) is 12.1 Å². The number of aryl methyl sites for hydroxylation is 2. The van der Waals surface area contributed by atoms with Gasteiger partial charge in [0.05, 0.1) is 5.56 Å². The minimum absolute atomic E-state index is 0.0762. The lowest BCUT2D eigenvalue weighted by molar-refractivity contribution is 0.0937. The standard InChI is InChI=1S/C21H22FN3O/c1-12(15-4-5-15)24-21(26)18-10-11-25-14(3)19(13(2)23-20(18)25)16-6-8-17(22)9-7-16/h6-12,15H,4-5H2,1-3H3,(H,24,26)/t12-/m0/s1. The number of halogens is 1. The van der Waals surface area contributed by atoms with E-state index in [1.807, 2.05) is 30.5 Å². The molecule has 26 heavy (non-hydrogen) atoms. The maximum atomic E-state index is 13.2. The lowest BCUT2D eigenvalue weighted by Crippen LogP contribution is -2.34. The molecule has 5 heteroatoms. The molecule has 1 fully saturated rings. The van der Waals surface area contributed by atoms with E-state index < -0.39 is 0 Å². The fourth-order valence-corrected chi connectivity index (χ4v) is 3.62. The monoisotopic (exact) mass is 351 g/mol. The summed E-state index contributed by atoms with van der Waals surface area (Å²) < 4.78 is 15.2. The fourth-order valence-electron chi connectivity index (χ4n) is 3.62. The second kappa shape index (κ2) is 6.24. The van der Waals surface area contributed by atoms with Crippen LogP contribution >= 0.6 is 0 Å². The summed E-state index contributed by atoms with van der Waals surface area (Å²) in [5.74, 6) is 0.268. The first-order valence-corrected chi connectivity index (χ1v) is 9.00. The molecule has 1 N–H and O–H groups in total. The maximum Gasteiger partial charge on any atom is 0.255 e. The maximum absolute atomic E-state index is 13.2. The van der Waals surface area contributed by atoms with Crippen LogP contribution in [0.5, 0.6) is 0 Å². The number of carbonyl (C=O) groups is 1. The number of hydrogen-bond acceptors (Lipinski definition) is 2. The van der Waals surface area contributed by atoms with Crippen molar-refractivity contribution in [3.63, 3.8) is 0 Å². The summed E-state index contributed by atoms with van der Waals surface area (Å²) in [5.41, 5.74) is 4.93. The van der Waals surface area contributed by atoms with Crippen molar-refractivity contribution in [1.82, 2.24) is 14.7 Å². The summed E-state index contributed by atoms with van der Waals surface area (Å²) in [7, 11) is 0. The number of fused-ring (bicyclic) bond motifs is 1. The predicted octanol–water partition coefficient (Wildman–Crippen LogP) is 4.29. The molecule has 1 aliphatic carbocycles. The molecule has 2 aromatic heterocycles. The molecule has 1 saturated carbocycles. The molecule has 0 bridgehead atoms. The van der Waals surface area contributed by atoms with Crippen molar-refractivity contribution in [3.8, 4) is 11.1 Å². The molecule has 1 amide bonds. The third-order valence-electron chi connectivity index (χ3n) is 5.28. The first-order valence-electron chi connectivity index (χ1n) is 9.00. The number of rotatable bonds is 4. The molecule has 0 aliphatic heterocycles. The van der Waals surface area contributed by atoms with Gasteiger partial charge >= 0.3 is 0 Å². The van der Waals surface area contributed by atoms with Gasteiger partial charge in [0.1, 0.15) is 11.5 Å². The van der Waals surface area contributed by atoms with Crippen LogP contribution in [0.3, 0.4) is 0 Å². The van der Waals surface area contributed by atoms with Gasteiger partial charge in [0.25, 0.3) is 5.91 Å². The Labute approximate surface area is 152 Å². The molecule has 3 aromatic rings. The molecule has 0 spiro atoms. The minimum atomic E-state index is -0.261. The zero-order chi connectivity index (χ0) is 18.4. The van der Waals surface area contributed by atoms with Crippen LogP contribution in [-0.4, -0.2) is 21.3 Å². The average Bonchev–Trinajstić information content (AvgIpc) is 3.37. The van der Waals surface area contributed by atoms with Gasteiger partial charge in [0.15, 0.2) is 0 Å². The van der Waals surface area contributed by atoms with Crippen molar-refractivity contribution in [1.29, 1.82) is 0 Å². The van der Waals surface area contributed by atoms with Gasteiger partial charge in [-0.25, -0.2) is 9.37 Å². The molecule has 1 aromatic carbocycles. The summed E-state index contributed by atoms with van der Waals surface area (Å²) in [6.07, 6.45) is 4.26. The Morgan fingerprint density at radius 1 is 1.23 bits per heavy atom. The van der Waals surface area contributed by atoms with Gasteiger partial charge in [-0.15, -0.1) is 0 Å². The van der Waals surface area contributed by atoms with Crippen molar-refractivity contribution in [2.24, 2.45) is 5.92 Å². The summed E-state index contributed by atoms with van der Waals surface area (Å²) in [6, 6.07) is 8.42. The van der Waals surface area contributed by atoms with E-state index in [2.05, 4.69) is 12.2 Å². The van der Waals surface area contributed by atoms with Crippen molar-refractivity contribution >= 4 is 11.6 Å². The molecule has 0 saturated heterocycles. The minimum Gasteiger partial charge on any atom is -0.349 e.